The third kappa shape index (κ3) is 4.27. The topological polar surface area (TPSA) is 67.2 Å². The summed E-state index contributed by atoms with van der Waals surface area (Å²) in [6, 6.07) is 16.0. The molecule has 0 unspecified atom stereocenters. The molecular weight excluding hydrogens is 376 g/mol. The Labute approximate surface area is 176 Å². The van der Waals surface area contributed by atoms with Crippen LogP contribution in [-0.4, -0.2) is 27.9 Å². The van der Waals surface area contributed by atoms with E-state index in [4.69, 9.17) is 0 Å². The number of aromatic nitrogens is 2. The minimum Gasteiger partial charge on any atom is -0.352 e. The van der Waals surface area contributed by atoms with Crippen molar-refractivity contribution in [1.82, 2.24) is 14.9 Å². The molecule has 2 amide bonds. The maximum absolute atomic E-state index is 12.8. The number of imidazole rings is 1. The second-order valence-electron chi connectivity index (χ2n) is 7.61. The summed E-state index contributed by atoms with van der Waals surface area (Å²) in [5.41, 5.74) is 4.25. The second kappa shape index (κ2) is 8.95. The largest absolute Gasteiger partial charge is 0.352 e. The molecule has 6 heteroatoms. The van der Waals surface area contributed by atoms with Crippen molar-refractivity contribution in [2.45, 2.75) is 32.9 Å². The summed E-state index contributed by atoms with van der Waals surface area (Å²) < 4.78 is 2.00. The van der Waals surface area contributed by atoms with E-state index in [0.29, 0.717) is 19.6 Å². The van der Waals surface area contributed by atoms with Crippen LogP contribution in [0.15, 0.2) is 67.3 Å². The maximum Gasteiger partial charge on any atom is 0.227 e. The van der Waals surface area contributed by atoms with E-state index in [0.717, 1.165) is 28.8 Å². The number of benzene rings is 2. The molecule has 30 heavy (non-hydrogen) atoms. The fourth-order valence-corrected chi connectivity index (χ4v) is 3.98. The highest BCUT2D eigenvalue weighted by Crippen LogP contribution is 2.28. The number of rotatable bonds is 7. The SMILES string of the molecule is CCc1ccccc1N1C[C@@H](C(=O)NCc2ccccc2Cn2ccnc2)CC1=O. The molecule has 2 aromatic carbocycles. The van der Waals surface area contributed by atoms with Gasteiger partial charge in [-0.25, -0.2) is 4.98 Å². The highest BCUT2D eigenvalue weighted by atomic mass is 16.2. The van der Waals surface area contributed by atoms with Crippen LogP contribution >= 0.6 is 0 Å². The molecule has 0 bridgehead atoms. The third-order valence-electron chi connectivity index (χ3n) is 5.64. The Balaban J connectivity index is 1.40. The van der Waals surface area contributed by atoms with Gasteiger partial charge in [0.1, 0.15) is 0 Å². The van der Waals surface area contributed by atoms with Crippen LogP contribution in [0, 0.1) is 5.92 Å². The minimum absolute atomic E-state index is 0.0107. The van der Waals surface area contributed by atoms with Crippen molar-refractivity contribution in [3.63, 3.8) is 0 Å². The molecule has 6 nitrogen and oxygen atoms in total. The fourth-order valence-electron chi connectivity index (χ4n) is 3.98. The third-order valence-corrected chi connectivity index (χ3v) is 5.64. The Morgan fingerprint density at radius 3 is 2.57 bits per heavy atom. The average molecular weight is 402 g/mol. The van der Waals surface area contributed by atoms with Crippen molar-refractivity contribution < 1.29 is 9.59 Å². The first-order valence-corrected chi connectivity index (χ1v) is 10.3. The first-order valence-electron chi connectivity index (χ1n) is 10.3. The molecule has 1 fully saturated rings. The van der Waals surface area contributed by atoms with Crippen LogP contribution < -0.4 is 10.2 Å². The van der Waals surface area contributed by atoms with Crippen molar-refractivity contribution in [2.24, 2.45) is 5.92 Å². The maximum atomic E-state index is 12.8. The van der Waals surface area contributed by atoms with Gasteiger partial charge in [0.15, 0.2) is 0 Å². The number of amides is 2. The first-order chi connectivity index (χ1) is 14.7. The molecule has 1 aliphatic heterocycles. The zero-order valence-electron chi connectivity index (χ0n) is 17.1. The second-order valence-corrected chi connectivity index (χ2v) is 7.61. The Morgan fingerprint density at radius 2 is 1.83 bits per heavy atom. The van der Waals surface area contributed by atoms with E-state index >= 15 is 0 Å². The van der Waals surface area contributed by atoms with Crippen molar-refractivity contribution >= 4 is 17.5 Å². The zero-order valence-corrected chi connectivity index (χ0v) is 17.1. The molecule has 1 atom stereocenters. The highest BCUT2D eigenvalue weighted by molar-refractivity contribution is 6.00. The molecule has 0 aliphatic carbocycles. The van der Waals surface area contributed by atoms with E-state index in [1.807, 2.05) is 53.2 Å². The Hall–Kier alpha value is -3.41. The van der Waals surface area contributed by atoms with Gasteiger partial charge >= 0.3 is 0 Å². The smallest absolute Gasteiger partial charge is 0.227 e. The van der Waals surface area contributed by atoms with Gasteiger partial charge in [-0.15, -0.1) is 0 Å². The van der Waals surface area contributed by atoms with Gasteiger partial charge in [0.05, 0.1) is 12.2 Å². The molecule has 1 N–H and O–H groups in total. The highest BCUT2D eigenvalue weighted by Gasteiger charge is 2.35. The van der Waals surface area contributed by atoms with Gasteiger partial charge in [0.2, 0.25) is 11.8 Å². The van der Waals surface area contributed by atoms with Gasteiger partial charge in [-0.3, -0.25) is 9.59 Å². The van der Waals surface area contributed by atoms with E-state index in [1.165, 1.54) is 0 Å². The van der Waals surface area contributed by atoms with Gasteiger partial charge in [-0.05, 0) is 29.2 Å². The number of anilines is 1. The predicted octanol–water partition coefficient (Wildman–Crippen LogP) is 3.16. The molecule has 3 aromatic rings. The molecule has 154 valence electrons. The fraction of sp³-hybridized carbons (Fsp3) is 0.292. The Kier molecular flexibility index (Phi) is 5.93. The number of carbonyl (C=O) groups is 2. The molecule has 2 heterocycles. The van der Waals surface area contributed by atoms with Crippen LogP contribution in [0.4, 0.5) is 5.69 Å². The van der Waals surface area contributed by atoms with Crippen LogP contribution in [-0.2, 0) is 29.1 Å². The van der Waals surface area contributed by atoms with Gasteiger partial charge in [0.25, 0.3) is 0 Å². The number of para-hydroxylation sites is 1. The summed E-state index contributed by atoms with van der Waals surface area (Å²) in [4.78, 5) is 31.3. The number of nitrogens with one attached hydrogen (secondary N) is 1. The number of aryl methyl sites for hydroxylation is 1. The van der Waals surface area contributed by atoms with Gasteiger partial charge in [-0.1, -0.05) is 49.4 Å². The lowest BCUT2D eigenvalue weighted by Crippen LogP contribution is -2.33. The average Bonchev–Trinajstić information content (AvgIpc) is 3.42. The lowest BCUT2D eigenvalue weighted by molar-refractivity contribution is -0.126. The van der Waals surface area contributed by atoms with E-state index in [9.17, 15) is 9.59 Å². The van der Waals surface area contributed by atoms with Gasteiger partial charge < -0.3 is 14.8 Å². The summed E-state index contributed by atoms with van der Waals surface area (Å²) in [5.74, 6) is -0.392. The van der Waals surface area contributed by atoms with Crippen molar-refractivity contribution in [3.05, 3.63) is 83.9 Å². The van der Waals surface area contributed by atoms with Crippen LogP contribution in [0.3, 0.4) is 0 Å². The van der Waals surface area contributed by atoms with E-state index in [1.54, 1.807) is 17.4 Å². The van der Waals surface area contributed by atoms with Crippen molar-refractivity contribution in [3.8, 4) is 0 Å². The van der Waals surface area contributed by atoms with Crippen molar-refractivity contribution in [2.75, 3.05) is 11.4 Å². The molecule has 0 saturated carbocycles. The molecule has 0 radical (unpaired) electrons. The molecule has 4 rings (SSSR count). The number of nitrogens with zero attached hydrogens (tertiary/aromatic N) is 3. The molecular formula is C24H26N4O2. The molecule has 1 aliphatic rings. The predicted molar refractivity (Wildman–Crippen MR) is 116 cm³/mol. The number of carbonyl (C=O) groups excluding carboxylic acids is 2. The van der Waals surface area contributed by atoms with Crippen LogP contribution in [0.5, 0.6) is 0 Å². The molecule has 0 spiro atoms. The quantitative estimate of drug-likeness (QED) is 0.660. The van der Waals surface area contributed by atoms with Crippen LogP contribution in [0.2, 0.25) is 0 Å². The molecule has 1 aromatic heterocycles. The normalized spacial score (nSPS) is 16.1. The van der Waals surface area contributed by atoms with Crippen molar-refractivity contribution in [1.29, 1.82) is 0 Å². The summed E-state index contributed by atoms with van der Waals surface area (Å²) in [6.07, 6.45) is 6.56. The zero-order chi connectivity index (χ0) is 20.9. The van der Waals surface area contributed by atoms with Gasteiger partial charge in [-0.2, -0.15) is 0 Å². The summed E-state index contributed by atoms with van der Waals surface area (Å²) >= 11 is 0. The lowest BCUT2D eigenvalue weighted by Gasteiger charge is -2.20. The minimum atomic E-state index is -0.330. The summed E-state index contributed by atoms with van der Waals surface area (Å²) in [5, 5.41) is 3.04. The van der Waals surface area contributed by atoms with Crippen LogP contribution in [0.1, 0.15) is 30.0 Å². The lowest BCUT2D eigenvalue weighted by atomic mass is 10.1. The first kappa shape index (κ1) is 19.9. The van der Waals surface area contributed by atoms with E-state index in [-0.39, 0.29) is 24.2 Å². The Morgan fingerprint density at radius 1 is 1.10 bits per heavy atom. The molecule has 1 saturated heterocycles. The van der Waals surface area contributed by atoms with E-state index in [2.05, 4.69) is 23.3 Å². The standard InChI is InChI=1S/C24H26N4O2/c1-2-18-7-5-6-10-22(18)28-16-21(13-23(28)29)24(30)26-14-19-8-3-4-9-20(19)15-27-12-11-25-17-27/h3-12,17,21H,2,13-16H2,1H3,(H,26,30)/t21-/m0/s1. The number of hydrogen-bond donors (Lipinski definition) is 1. The number of hydrogen-bond acceptors (Lipinski definition) is 3. The summed E-state index contributed by atoms with van der Waals surface area (Å²) in [7, 11) is 0. The van der Waals surface area contributed by atoms with Crippen LogP contribution in [0.25, 0.3) is 0 Å². The monoisotopic (exact) mass is 402 g/mol. The van der Waals surface area contributed by atoms with Gasteiger partial charge in [0, 0.05) is 44.1 Å². The van der Waals surface area contributed by atoms with E-state index < -0.39 is 0 Å². The summed E-state index contributed by atoms with van der Waals surface area (Å²) in [6.45, 7) is 3.65. The Bertz CT molecular complexity index is 1030.